The van der Waals surface area contributed by atoms with Crippen molar-refractivity contribution in [2.24, 2.45) is 7.05 Å². The normalized spacial score (nSPS) is 12.2. The van der Waals surface area contributed by atoms with Gasteiger partial charge in [0, 0.05) is 18.7 Å². The molecule has 8 nitrogen and oxygen atoms in total. The first-order valence-electron chi connectivity index (χ1n) is 7.87. The highest BCUT2D eigenvalue weighted by Crippen LogP contribution is 2.26. The SMILES string of the molecule is CC(C)N(Cc1nnc(-c2ccccc2)o1)S(=O)(=O)c1ncn(C)c1Cl. The van der Waals surface area contributed by atoms with E-state index in [9.17, 15) is 8.42 Å². The topological polar surface area (TPSA) is 94.1 Å². The molecule has 0 saturated carbocycles. The van der Waals surface area contributed by atoms with Crippen molar-refractivity contribution in [2.75, 3.05) is 0 Å². The van der Waals surface area contributed by atoms with Gasteiger partial charge in [0.25, 0.3) is 10.0 Å². The van der Waals surface area contributed by atoms with Crippen molar-refractivity contribution in [3.63, 3.8) is 0 Å². The molecule has 26 heavy (non-hydrogen) atoms. The van der Waals surface area contributed by atoms with E-state index in [0.29, 0.717) is 5.89 Å². The van der Waals surface area contributed by atoms with Crippen molar-refractivity contribution in [2.45, 2.75) is 31.5 Å². The van der Waals surface area contributed by atoms with E-state index in [0.717, 1.165) is 5.56 Å². The van der Waals surface area contributed by atoms with E-state index in [1.54, 1.807) is 20.9 Å². The molecule has 1 aromatic carbocycles. The Balaban J connectivity index is 1.90. The first-order valence-corrected chi connectivity index (χ1v) is 9.69. The molecule has 0 fully saturated rings. The summed E-state index contributed by atoms with van der Waals surface area (Å²) in [6, 6.07) is 8.90. The van der Waals surface area contributed by atoms with Gasteiger partial charge in [0.2, 0.25) is 16.8 Å². The molecule has 3 aromatic rings. The molecule has 0 aliphatic heterocycles. The van der Waals surface area contributed by atoms with Crippen LogP contribution in [0.25, 0.3) is 11.5 Å². The maximum absolute atomic E-state index is 13.0. The predicted molar refractivity (Wildman–Crippen MR) is 95.8 cm³/mol. The van der Waals surface area contributed by atoms with Crippen LogP contribution in [0, 0.1) is 0 Å². The molecule has 10 heteroatoms. The summed E-state index contributed by atoms with van der Waals surface area (Å²) in [6.07, 6.45) is 1.36. The predicted octanol–water partition coefficient (Wildman–Crippen LogP) is 2.72. The highest BCUT2D eigenvalue weighted by Gasteiger charge is 2.33. The van der Waals surface area contributed by atoms with Crippen molar-refractivity contribution < 1.29 is 12.8 Å². The van der Waals surface area contributed by atoms with Gasteiger partial charge >= 0.3 is 0 Å². The lowest BCUT2D eigenvalue weighted by Gasteiger charge is -2.23. The maximum Gasteiger partial charge on any atom is 0.264 e. The Morgan fingerprint density at radius 2 is 1.92 bits per heavy atom. The van der Waals surface area contributed by atoms with Gasteiger partial charge in [0.1, 0.15) is 5.15 Å². The fraction of sp³-hybridized carbons (Fsp3) is 0.312. The Morgan fingerprint density at radius 1 is 1.23 bits per heavy atom. The molecule has 0 saturated heterocycles. The van der Waals surface area contributed by atoms with Gasteiger partial charge in [-0.3, -0.25) is 0 Å². The van der Waals surface area contributed by atoms with E-state index in [4.69, 9.17) is 16.0 Å². The average molecular weight is 396 g/mol. The summed E-state index contributed by atoms with van der Waals surface area (Å²) in [5, 5.41) is 7.81. The van der Waals surface area contributed by atoms with E-state index >= 15 is 0 Å². The third-order valence-corrected chi connectivity index (χ3v) is 6.26. The Labute approximate surface area is 156 Å². The number of sulfonamides is 1. The zero-order valence-corrected chi connectivity index (χ0v) is 16.1. The number of nitrogens with zero attached hydrogens (tertiary/aromatic N) is 5. The molecule has 0 spiro atoms. The number of halogens is 1. The van der Waals surface area contributed by atoms with Crippen molar-refractivity contribution in [1.82, 2.24) is 24.1 Å². The average Bonchev–Trinajstić information content (AvgIpc) is 3.21. The number of imidazole rings is 1. The second-order valence-electron chi connectivity index (χ2n) is 5.96. The van der Waals surface area contributed by atoms with E-state index < -0.39 is 10.0 Å². The molecular weight excluding hydrogens is 378 g/mol. The van der Waals surface area contributed by atoms with Crippen LogP contribution in [0.2, 0.25) is 5.15 Å². The van der Waals surface area contributed by atoms with Crippen LogP contribution in [-0.2, 0) is 23.6 Å². The lowest BCUT2D eigenvalue weighted by molar-refractivity contribution is 0.312. The van der Waals surface area contributed by atoms with Gasteiger partial charge in [0.05, 0.1) is 12.9 Å². The minimum Gasteiger partial charge on any atom is -0.419 e. The lowest BCUT2D eigenvalue weighted by Crippen LogP contribution is -2.36. The van der Waals surface area contributed by atoms with Crippen molar-refractivity contribution >= 4 is 21.6 Å². The number of hydrogen-bond acceptors (Lipinski definition) is 6. The molecule has 2 heterocycles. The van der Waals surface area contributed by atoms with Crippen molar-refractivity contribution in [3.8, 4) is 11.5 Å². The quantitative estimate of drug-likeness (QED) is 0.637. The third kappa shape index (κ3) is 3.50. The van der Waals surface area contributed by atoms with E-state index in [1.807, 2.05) is 30.3 Å². The van der Waals surface area contributed by atoms with Gasteiger partial charge in [-0.1, -0.05) is 29.8 Å². The van der Waals surface area contributed by atoms with Crippen LogP contribution < -0.4 is 0 Å². The van der Waals surface area contributed by atoms with Gasteiger partial charge in [-0.05, 0) is 26.0 Å². The summed E-state index contributed by atoms with van der Waals surface area (Å²) in [5.41, 5.74) is 0.762. The third-order valence-electron chi connectivity index (χ3n) is 3.74. The summed E-state index contributed by atoms with van der Waals surface area (Å²) in [5.74, 6) is 0.519. The van der Waals surface area contributed by atoms with Crippen molar-refractivity contribution in [3.05, 3.63) is 47.7 Å². The Bertz CT molecular complexity index is 998. The minimum absolute atomic E-state index is 0.0474. The highest BCUT2D eigenvalue weighted by atomic mass is 35.5. The molecule has 0 atom stereocenters. The van der Waals surface area contributed by atoms with Gasteiger partial charge < -0.3 is 8.98 Å². The Kier molecular flexibility index (Phi) is 5.12. The molecular formula is C16H18ClN5O3S. The molecule has 3 rings (SSSR count). The number of rotatable bonds is 6. The first kappa shape index (κ1) is 18.6. The molecule has 0 aliphatic rings. The summed E-state index contributed by atoms with van der Waals surface area (Å²) in [7, 11) is -2.30. The number of hydrogen-bond donors (Lipinski definition) is 0. The molecule has 2 aromatic heterocycles. The smallest absolute Gasteiger partial charge is 0.264 e. The van der Waals surface area contributed by atoms with Gasteiger partial charge in [-0.15, -0.1) is 10.2 Å². The molecule has 138 valence electrons. The second kappa shape index (κ2) is 7.18. The zero-order chi connectivity index (χ0) is 18.9. The minimum atomic E-state index is -3.92. The second-order valence-corrected chi connectivity index (χ2v) is 8.13. The molecule has 0 bridgehead atoms. The van der Waals surface area contributed by atoms with Crippen LogP contribution in [-0.4, -0.2) is 38.5 Å². The van der Waals surface area contributed by atoms with Gasteiger partial charge in [-0.25, -0.2) is 13.4 Å². The monoisotopic (exact) mass is 395 g/mol. The summed E-state index contributed by atoms with van der Waals surface area (Å²) >= 11 is 6.07. The maximum atomic E-state index is 13.0. The van der Waals surface area contributed by atoms with E-state index in [2.05, 4.69) is 15.2 Å². The van der Waals surface area contributed by atoms with Crippen LogP contribution in [0.5, 0.6) is 0 Å². The van der Waals surface area contributed by atoms with Crippen LogP contribution >= 0.6 is 11.6 Å². The number of aryl methyl sites for hydroxylation is 1. The number of aromatic nitrogens is 4. The van der Waals surface area contributed by atoms with Crippen LogP contribution in [0.15, 0.2) is 46.1 Å². The summed E-state index contributed by atoms with van der Waals surface area (Å²) in [6.45, 7) is 3.43. The van der Waals surface area contributed by atoms with Crippen LogP contribution in [0.1, 0.15) is 19.7 Å². The molecule has 0 aliphatic carbocycles. The molecule has 0 unspecified atom stereocenters. The first-order chi connectivity index (χ1) is 12.3. The van der Waals surface area contributed by atoms with E-state index in [-0.39, 0.29) is 28.7 Å². The molecule has 0 amide bonds. The highest BCUT2D eigenvalue weighted by molar-refractivity contribution is 7.89. The molecule has 0 radical (unpaired) electrons. The van der Waals surface area contributed by atoms with Gasteiger partial charge in [-0.2, -0.15) is 4.31 Å². The van der Waals surface area contributed by atoms with Gasteiger partial charge in [0.15, 0.2) is 0 Å². The van der Waals surface area contributed by atoms with Crippen molar-refractivity contribution in [1.29, 1.82) is 0 Å². The van der Waals surface area contributed by atoms with Crippen LogP contribution in [0.3, 0.4) is 0 Å². The zero-order valence-electron chi connectivity index (χ0n) is 14.5. The lowest BCUT2D eigenvalue weighted by atomic mass is 10.2. The fourth-order valence-electron chi connectivity index (χ4n) is 2.37. The standard InChI is InChI=1S/C16H18ClN5O3S/c1-11(2)22(26(23,24)16-14(17)21(3)10-18-16)9-13-19-20-15(25-13)12-7-5-4-6-8-12/h4-8,10-11H,9H2,1-3H3. The fourth-order valence-corrected chi connectivity index (χ4v) is 4.35. The Morgan fingerprint density at radius 3 is 2.50 bits per heavy atom. The summed E-state index contributed by atoms with van der Waals surface area (Å²) < 4.78 is 34.2. The molecule has 0 N–H and O–H groups in total. The van der Waals surface area contributed by atoms with E-state index in [1.165, 1.54) is 15.2 Å². The number of benzene rings is 1. The largest absolute Gasteiger partial charge is 0.419 e. The van der Waals surface area contributed by atoms with Crippen LogP contribution in [0.4, 0.5) is 0 Å². The summed E-state index contributed by atoms with van der Waals surface area (Å²) in [4.78, 5) is 3.92. The Hall–Kier alpha value is -2.23.